The number of aromatic nitrogens is 4. The van der Waals surface area contributed by atoms with Gasteiger partial charge in [0.25, 0.3) is 0 Å². The van der Waals surface area contributed by atoms with Crippen LogP contribution in [0.2, 0.25) is 0 Å². The average Bonchev–Trinajstić information content (AvgIpc) is 3.33. The first-order valence-corrected chi connectivity index (χ1v) is 8.51. The molecule has 29 heavy (non-hydrogen) atoms. The normalized spacial score (nSPS) is 13.8. The van der Waals surface area contributed by atoms with E-state index in [9.17, 15) is 19.2 Å². The molecular formula is C16H21N7O6. The highest BCUT2D eigenvalue weighted by molar-refractivity contribution is 5.93. The number of nitrogens with one attached hydrogen (secondary N) is 4. The molecule has 156 valence electrons. The first-order chi connectivity index (χ1) is 13.8. The van der Waals surface area contributed by atoms with Crippen molar-refractivity contribution in [1.82, 2.24) is 30.6 Å². The second-order valence-electron chi connectivity index (χ2n) is 6.23. The van der Waals surface area contributed by atoms with E-state index >= 15 is 0 Å². The zero-order valence-electron chi connectivity index (χ0n) is 15.2. The third kappa shape index (κ3) is 6.73. The third-order valence-corrected chi connectivity index (χ3v) is 3.94. The first-order valence-electron chi connectivity index (χ1n) is 8.51. The van der Waals surface area contributed by atoms with Crippen LogP contribution in [-0.4, -0.2) is 72.0 Å². The number of imidazole rings is 2. The molecule has 13 nitrogen and oxygen atoms in total. The summed E-state index contributed by atoms with van der Waals surface area (Å²) in [7, 11) is 0. The zero-order valence-corrected chi connectivity index (χ0v) is 15.2. The molecule has 0 saturated carbocycles. The summed E-state index contributed by atoms with van der Waals surface area (Å²) < 4.78 is 0. The summed E-state index contributed by atoms with van der Waals surface area (Å²) in [5.74, 6) is -4.42. The SMILES string of the molecule is N[C@@H](Cc1cnc[nH]1)C(=O)N[C@@H](Cc1cnc[nH]1)C(=O)N[C@@H](CC(=O)O)C(=O)O. The van der Waals surface area contributed by atoms with Crippen molar-refractivity contribution < 1.29 is 29.4 Å². The number of amides is 2. The monoisotopic (exact) mass is 407 g/mol. The van der Waals surface area contributed by atoms with Gasteiger partial charge in [-0.25, -0.2) is 14.8 Å². The minimum absolute atomic E-state index is 0.0340. The Morgan fingerprint density at radius 3 is 1.97 bits per heavy atom. The number of hydrogen-bond donors (Lipinski definition) is 7. The summed E-state index contributed by atoms with van der Waals surface area (Å²) in [5, 5.41) is 22.5. The van der Waals surface area contributed by atoms with Crippen LogP contribution in [0.3, 0.4) is 0 Å². The van der Waals surface area contributed by atoms with Crippen molar-refractivity contribution in [3.8, 4) is 0 Å². The number of nitrogens with zero attached hydrogens (tertiary/aromatic N) is 2. The number of carboxylic acids is 2. The molecule has 0 aliphatic heterocycles. The van der Waals surface area contributed by atoms with Gasteiger partial charge in [0.05, 0.1) is 25.1 Å². The van der Waals surface area contributed by atoms with Crippen LogP contribution in [0.1, 0.15) is 17.8 Å². The number of carboxylic acid groups (broad SMARTS) is 2. The van der Waals surface area contributed by atoms with Gasteiger partial charge in [-0.1, -0.05) is 0 Å². The summed E-state index contributed by atoms with van der Waals surface area (Å²) in [5.41, 5.74) is 6.98. The number of rotatable bonds is 11. The van der Waals surface area contributed by atoms with Crippen molar-refractivity contribution in [2.45, 2.75) is 37.4 Å². The van der Waals surface area contributed by atoms with Crippen molar-refractivity contribution in [3.05, 3.63) is 36.4 Å². The highest BCUT2D eigenvalue weighted by Crippen LogP contribution is 2.03. The Morgan fingerprint density at radius 1 is 0.931 bits per heavy atom. The minimum atomic E-state index is -1.65. The lowest BCUT2D eigenvalue weighted by atomic mass is 10.1. The Balaban J connectivity index is 2.08. The molecule has 2 heterocycles. The van der Waals surface area contributed by atoms with Crippen molar-refractivity contribution in [1.29, 1.82) is 0 Å². The molecule has 0 spiro atoms. The molecule has 8 N–H and O–H groups in total. The highest BCUT2D eigenvalue weighted by atomic mass is 16.4. The number of H-pyrrole nitrogens is 2. The molecule has 2 rings (SSSR count). The third-order valence-electron chi connectivity index (χ3n) is 3.94. The van der Waals surface area contributed by atoms with E-state index in [1.54, 1.807) is 0 Å². The van der Waals surface area contributed by atoms with Gasteiger partial charge in [-0.15, -0.1) is 0 Å². The average molecular weight is 407 g/mol. The number of nitrogens with two attached hydrogens (primary N) is 1. The maximum absolute atomic E-state index is 12.6. The van der Waals surface area contributed by atoms with Crippen molar-refractivity contribution >= 4 is 23.8 Å². The molecule has 0 unspecified atom stereocenters. The quantitative estimate of drug-likeness (QED) is 0.214. The Kier molecular flexibility index (Phi) is 7.42. The number of carbonyl (C=O) groups is 4. The first kappa shape index (κ1) is 21.6. The van der Waals surface area contributed by atoms with Crippen molar-refractivity contribution in [2.24, 2.45) is 5.73 Å². The van der Waals surface area contributed by atoms with Crippen LogP contribution in [-0.2, 0) is 32.0 Å². The van der Waals surface area contributed by atoms with Gasteiger partial charge < -0.3 is 36.5 Å². The molecule has 0 saturated heterocycles. The second-order valence-corrected chi connectivity index (χ2v) is 6.23. The smallest absolute Gasteiger partial charge is 0.326 e. The van der Waals surface area contributed by atoms with Crippen molar-refractivity contribution in [3.63, 3.8) is 0 Å². The van der Waals surface area contributed by atoms with Gasteiger partial charge in [0.1, 0.15) is 12.1 Å². The van der Waals surface area contributed by atoms with Crippen LogP contribution < -0.4 is 16.4 Å². The fourth-order valence-electron chi connectivity index (χ4n) is 2.48. The Hall–Kier alpha value is -3.74. The molecule has 0 aromatic carbocycles. The maximum Gasteiger partial charge on any atom is 0.326 e. The maximum atomic E-state index is 12.6. The van der Waals surface area contributed by atoms with Crippen LogP contribution in [0.4, 0.5) is 0 Å². The number of carbonyl (C=O) groups excluding carboxylic acids is 2. The Bertz CT molecular complexity index is 836. The van der Waals surface area contributed by atoms with Gasteiger partial charge in [0.15, 0.2) is 0 Å². The van der Waals surface area contributed by atoms with Gasteiger partial charge in [0.2, 0.25) is 11.8 Å². The summed E-state index contributed by atoms with van der Waals surface area (Å²) in [6.07, 6.45) is 5.04. The van der Waals surface area contributed by atoms with Crippen LogP contribution in [0.25, 0.3) is 0 Å². The van der Waals surface area contributed by atoms with E-state index in [0.29, 0.717) is 11.4 Å². The lowest BCUT2D eigenvalue weighted by molar-refractivity contribution is -0.147. The standard InChI is InChI=1S/C16H21N7O6/c17-10(1-8-4-18-6-20-8)14(26)22-11(2-9-5-19-7-21-9)15(27)23-12(16(28)29)3-13(24)25/h4-7,10-12H,1-3,17H2,(H,18,20)(H,19,21)(H,22,26)(H,23,27)(H,24,25)(H,28,29)/t10-,11-,12-/m0/s1. The predicted molar refractivity (Wildman–Crippen MR) is 96.3 cm³/mol. The molecule has 3 atom stereocenters. The van der Waals surface area contributed by atoms with E-state index in [1.807, 2.05) is 0 Å². The number of hydrogen-bond acceptors (Lipinski definition) is 7. The van der Waals surface area contributed by atoms with Gasteiger partial charge in [-0.3, -0.25) is 14.4 Å². The molecule has 0 fully saturated rings. The summed E-state index contributed by atoms with van der Waals surface area (Å²) in [4.78, 5) is 60.2. The van der Waals surface area contributed by atoms with Gasteiger partial charge in [-0.2, -0.15) is 0 Å². The number of aliphatic carboxylic acids is 2. The second kappa shape index (κ2) is 9.98. The molecular weight excluding hydrogens is 386 g/mol. The van der Waals surface area contributed by atoms with E-state index in [0.717, 1.165) is 0 Å². The molecule has 2 aromatic rings. The lowest BCUT2D eigenvalue weighted by Crippen LogP contribution is -2.55. The van der Waals surface area contributed by atoms with Gasteiger partial charge in [-0.05, 0) is 0 Å². The van der Waals surface area contributed by atoms with Crippen LogP contribution >= 0.6 is 0 Å². The van der Waals surface area contributed by atoms with Gasteiger partial charge in [0, 0.05) is 36.6 Å². The van der Waals surface area contributed by atoms with Gasteiger partial charge >= 0.3 is 11.9 Å². The van der Waals surface area contributed by atoms with E-state index in [4.69, 9.17) is 15.9 Å². The molecule has 0 aliphatic carbocycles. The Morgan fingerprint density at radius 2 is 1.48 bits per heavy atom. The summed E-state index contributed by atoms with van der Waals surface area (Å²) >= 11 is 0. The van der Waals surface area contributed by atoms with Crippen molar-refractivity contribution in [2.75, 3.05) is 0 Å². The number of aromatic amines is 2. The lowest BCUT2D eigenvalue weighted by Gasteiger charge is -2.22. The van der Waals surface area contributed by atoms with Crippen LogP contribution in [0.5, 0.6) is 0 Å². The largest absolute Gasteiger partial charge is 0.481 e. The molecule has 0 bridgehead atoms. The summed E-state index contributed by atoms with van der Waals surface area (Å²) in [6, 6.07) is -3.85. The summed E-state index contributed by atoms with van der Waals surface area (Å²) in [6.45, 7) is 0. The van der Waals surface area contributed by atoms with E-state index < -0.39 is 48.3 Å². The highest BCUT2D eigenvalue weighted by Gasteiger charge is 2.29. The Labute approximate surface area is 164 Å². The van der Waals surface area contributed by atoms with Crippen LogP contribution in [0, 0.1) is 0 Å². The fraction of sp³-hybridized carbons (Fsp3) is 0.375. The fourth-order valence-corrected chi connectivity index (χ4v) is 2.48. The van der Waals surface area contributed by atoms with E-state index in [-0.39, 0.29) is 12.8 Å². The van der Waals surface area contributed by atoms with Crippen LogP contribution in [0.15, 0.2) is 25.0 Å². The van der Waals surface area contributed by atoms with E-state index in [1.165, 1.54) is 25.0 Å². The minimum Gasteiger partial charge on any atom is -0.481 e. The molecule has 2 amide bonds. The predicted octanol–water partition coefficient (Wildman–Crippen LogP) is -2.23. The zero-order chi connectivity index (χ0) is 21.4. The molecule has 0 radical (unpaired) electrons. The van der Waals surface area contributed by atoms with E-state index in [2.05, 4.69) is 30.6 Å². The molecule has 0 aliphatic rings. The topological polar surface area (TPSA) is 216 Å². The molecule has 13 heteroatoms. The molecule has 2 aromatic heterocycles.